The van der Waals surface area contributed by atoms with Crippen molar-refractivity contribution in [1.29, 1.82) is 5.26 Å². The van der Waals surface area contributed by atoms with Crippen molar-refractivity contribution in [3.05, 3.63) is 93.3 Å². The number of aromatic nitrogens is 3. The number of rotatable bonds is 10. The van der Waals surface area contributed by atoms with E-state index in [9.17, 15) is 14.9 Å². The van der Waals surface area contributed by atoms with Crippen LogP contribution in [0.25, 0.3) is 16.8 Å². The summed E-state index contributed by atoms with van der Waals surface area (Å²) in [7, 11) is 0. The van der Waals surface area contributed by atoms with Crippen LogP contribution >= 0.6 is 0 Å². The Morgan fingerprint density at radius 2 is 1.93 bits per heavy atom. The molecule has 0 unspecified atom stereocenters. The molecule has 2 heterocycles. The first-order valence-electron chi connectivity index (χ1n) is 14.1. The van der Waals surface area contributed by atoms with Crippen LogP contribution in [0.1, 0.15) is 73.9 Å². The number of fused-ring (bicyclic) bond motifs is 1. The van der Waals surface area contributed by atoms with E-state index in [4.69, 9.17) is 9.84 Å². The predicted molar refractivity (Wildman–Crippen MR) is 152 cm³/mol. The number of benzene rings is 2. The Balaban J connectivity index is 1.51. The molecule has 5 rings (SSSR count). The minimum Gasteiger partial charge on any atom is -0.480 e. The van der Waals surface area contributed by atoms with Gasteiger partial charge in [0.1, 0.15) is 18.1 Å². The Kier molecular flexibility index (Phi) is 8.60. The van der Waals surface area contributed by atoms with Gasteiger partial charge in [0, 0.05) is 35.2 Å². The van der Waals surface area contributed by atoms with Gasteiger partial charge in [-0.1, -0.05) is 43.7 Å². The summed E-state index contributed by atoms with van der Waals surface area (Å²) in [5, 5.41) is 23.0. The average Bonchev–Trinajstić information content (AvgIpc) is 3.46. The summed E-state index contributed by atoms with van der Waals surface area (Å²) in [5.41, 5.74) is 4.02. The van der Waals surface area contributed by atoms with Crippen LogP contribution in [-0.2, 0) is 22.4 Å². The van der Waals surface area contributed by atoms with E-state index >= 15 is 4.39 Å². The van der Waals surface area contributed by atoms with Crippen LogP contribution in [0.5, 0.6) is 0 Å². The SMILES string of the molecule is CCCCc1c(Cc2ccc(-c3ccccc3C#N)c(F)c2)c(=O)n([C@H]2CC[C@H](OCC(=O)O)CC2)c2ccnn12. The number of aryl methyl sites for hydroxylation is 1. The highest BCUT2D eigenvalue weighted by atomic mass is 19.1. The Bertz CT molecular complexity index is 1660. The molecule has 0 aliphatic heterocycles. The zero-order chi connectivity index (χ0) is 28.9. The number of unbranched alkanes of at least 4 members (excludes halogenated alkanes) is 1. The van der Waals surface area contributed by atoms with E-state index in [0.29, 0.717) is 59.9 Å². The molecular formula is C32H33FN4O4. The van der Waals surface area contributed by atoms with Crippen molar-refractivity contribution < 1.29 is 19.0 Å². The molecule has 1 aliphatic carbocycles. The largest absolute Gasteiger partial charge is 0.480 e. The number of hydrogen-bond donors (Lipinski definition) is 1. The lowest BCUT2D eigenvalue weighted by Crippen LogP contribution is -2.35. The third-order valence-electron chi connectivity index (χ3n) is 7.92. The fraction of sp³-hybridized carbons (Fsp3) is 0.375. The molecule has 0 bridgehead atoms. The molecule has 1 N–H and O–H groups in total. The lowest BCUT2D eigenvalue weighted by molar-refractivity contribution is -0.145. The number of carboxylic acid groups (broad SMARTS) is 1. The zero-order valence-electron chi connectivity index (χ0n) is 23.1. The molecule has 41 heavy (non-hydrogen) atoms. The molecule has 0 atom stereocenters. The Morgan fingerprint density at radius 1 is 1.15 bits per heavy atom. The van der Waals surface area contributed by atoms with Gasteiger partial charge in [0.2, 0.25) is 0 Å². The minimum absolute atomic E-state index is 0.0769. The lowest BCUT2D eigenvalue weighted by atomic mass is 9.92. The number of aliphatic carboxylic acids is 1. The van der Waals surface area contributed by atoms with Crippen molar-refractivity contribution in [3.63, 3.8) is 0 Å². The Morgan fingerprint density at radius 3 is 2.63 bits per heavy atom. The van der Waals surface area contributed by atoms with Gasteiger partial charge < -0.3 is 9.84 Å². The van der Waals surface area contributed by atoms with E-state index in [1.807, 2.05) is 21.2 Å². The van der Waals surface area contributed by atoms with Gasteiger partial charge in [-0.2, -0.15) is 10.4 Å². The fourth-order valence-corrected chi connectivity index (χ4v) is 5.88. The predicted octanol–water partition coefficient (Wildman–Crippen LogP) is 5.69. The summed E-state index contributed by atoms with van der Waals surface area (Å²) in [4.78, 5) is 25.1. The Labute approximate surface area is 237 Å². The van der Waals surface area contributed by atoms with E-state index in [-0.39, 0.29) is 30.7 Å². The fourth-order valence-electron chi connectivity index (χ4n) is 5.88. The molecule has 0 saturated heterocycles. The highest BCUT2D eigenvalue weighted by molar-refractivity contribution is 5.71. The number of nitriles is 1. The van der Waals surface area contributed by atoms with Crippen molar-refractivity contribution in [3.8, 4) is 17.2 Å². The van der Waals surface area contributed by atoms with Gasteiger partial charge in [-0.3, -0.25) is 9.36 Å². The van der Waals surface area contributed by atoms with Crippen LogP contribution < -0.4 is 5.56 Å². The number of nitrogens with zero attached hydrogens (tertiary/aromatic N) is 4. The first-order valence-corrected chi connectivity index (χ1v) is 14.1. The maximum Gasteiger partial charge on any atom is 0.329 e. The molecule has 0 spiro atoms. The van der Waals surface area contributed by atoms with Crippen molar-refractivity contribution in [2.45, 2.75) is 70.4 Å². The molecule has 4 aromatic rings. The minimum atomic E-state index is -0.990. The first kappa shape index (κ1) is 28.2. The normalized spacial score (nSPS) is 17.0. The summed E-state index contributed by atoms with van der Waals surface area (Å²) in [6.45, 7) is 1.77. The summed E-state index contributed by atoms with van der Waals surface area (Å²) >= 11 is 0. The summed E-state index contributed by atoms with van der Waals surface area (Å²) in [6, 6.07) is 15.8. The average molecular weight is 557 g/mol. The first-order chi connectivity index (χ1) is 19.9. The molecule has 1 aliphatic rings. The van der Waals surface area contributed by atoms with Gasteiger partial charge in [0.05, 0.1) is 29.6 Å². The quantitative estimate of drug-likeness (QED) is 0.269. The van der Waals surface area contributed by atoms with Gasteiger partial charge in [0.25, 0.3) is 5.56 Å². The summed E-state index contributed by atoms with van der Waals surface area (Å²) in [6.07, 6.45) is 7.00. The molecule has 2 aromatic heterocycles. The number of ether oxygens (including phenoxy) is 1. The molecule has 1 saturated carbocycles. The van der Waals surface area contributed by atoms with Crippen LogP contribution in [0.2, 0.25) is 0 Å². The maximum atomic E-state index is 15.4. The molecule has 8 nitrogen and oxygen atoms in total. The highest BCUT2D eigenvalue weighted by Gasteiger charge is 2.28. The summed E-state index contributed by atoms with van der Waals surface area (Å²) in [5.74, 6) is -1.43. The lowest BCUT2D eigenvalue weighted by Gasteiger charge is -2.30. The molecule has 212 valence electrons. The molecule has 9 heteroatoms. The molecule has 0 radical (unpaired) electrons. The Hall–Kier alpha value is -4.29. The monoisotopic (exact) mass is 556 g/mol. The standard InChI is InChI=1S/C32H33FN4O4/c1-2-3-8-29-27(17-21-9-14-26(28(33)18-21)25-7-5-4-6-22(25)19-34)32(40)36(30-15-16-35-37(29)30)23-10-12-24(13-11-23)41-20-31(38)39/h4-7,9,14-16,18,23-24H,2-3,8,10-13,17,20H2,1H3,(H,38,39)/t23-,24-. The van der Waals surface area contributed by atoms with Gasteiger partial charge in [-0.05, 0) is 56.2 Å². The number of hydrogen-bond acceptors (Lipinski definition) is 5. The topological polar surface area (TPSA) is 110 Å². The highest BCUT2D eigenvalue weighted by Crippen LogP contribution is 2.32. The van der Waals surface area contributed by atoms with Crippen LogP contribution in [0.15, 0.2) is 59.5 Å². The zero-order valence-corrected chi connectivity index (χ0v) is 23.1. The third-order valence-corrected chi connectivity index (χ3v) is 7.92. The van der Waals surface area contributed by atoms with Crippen molar-refractivity contribution in [1.82, 2.24) is 14.2 Å². The van der Waals surface area contributed by atoms with E-state index in [1.54, 1.807) is 36.5 Å². The van der Waals surface area contributed by atoms with Crippen molar-refractivity contribution in [2.75, 3.05) is 6.61 Å². The third kappa shape index (κ3) is 5.93. The molecule has 1 fully saturated rings. The molecular weight excluding hydrogens is 523 g/mol. The number of carboxylic acids is 1. The van der Waals surface area contributed by atoms with E-state index in [2.05, 4.69) is 18.1 Å². The molecule has 2 aromatic carbocycles. The van der Waals surface area contributed by atoms with Gasteiger partial charge in [-0.15, -0.1) is 0 Å². The summed E-state index contributed by atoms with van der Waals surface area (Å²) < 4.78 is 24.6. The van der Waals surface area contributed by atoms with Crippen LogP contribution in [0, 0.1) is 17.1 Å². The number of carbonyl (C=O) groups is 1. The van der Waals surface area contributed by atoms with Crippen LogP contribution in [0.3, 0.4) is 0 Å². The molecule has 0 amide bonds. The van der Waals surface area contributed by atoms with E-state index in [1.165, 1.54) is 6.07 Å². The van der Waals surface area contributed by atoms with Gasteiger partial charge in [-0.25, -0.2) is 13.7 Å². The smallest absolute Gasteiger partial charge is 0.329 e. The second kappa shape index (κ2) is 12.5. The van der Waals surface area contributed by atoms with E-state index in [0.717, 1.165) is 24.2 Å². The number of halogens is 1. The second-order valence-electron chi connectivity index (χ2n) is 10.6. The van der Waals surface area contributed by atoms with Crippen LogP contribution in [-0.4, -0.2) is 38.0 Å². The van der Waals surface area contributed by atoms with Crippen LogP contribution in [0.4, 0.5) is 4.39 Å². The maximum absolute atomic E-state index is 15.4. The van der Waals surface area contributed by atoms with Crippen molar-refractivity contribution >= 4 is 11.6 Å². The van der Waals surface area contributed by atoms with E-state index < -0.39 is 11.8 Å². The second-order valence-corrected chi connectivity index (χ2v) is 10.6. The van der Waals surface area contributed by atoms with Crippen molar-refractivity contribution in [2.24, 2.45) is 0 Å². The van der Waals surface area contributed by atoms with Gasteiger partial charge >= 0.3 is 5.97 Å². The van der Waals surface area contributed by atoms with Gasteiger partial charge in [0.15, 0.2) is 0 Å².